The lowest BCUT2D eigenvalue weighted by molar-refractivity contribution is -0.116. The number of rotatable bonds is 7. The van der Waals surface area contributed by atoms with Crippen LogP contribution in [0, 0.1) is 13.8 Å². The Balaban J connectivity index is 2.00. The fourth-order valence-corrected chi connectivity index (χ4v) is 2.69. The van der Waals surface area contributed by atoms with E-state index in [0.29, 0.717) is 22.7 Å². The second-order valence-corrected chi connectivity index (χ2v) is 6.39. The third-order valence-electron chi connectivity index (χ3n) is 4.07. The number of ketones is 1. The summed E-state index contributed by atoms with van der Waals surface area (Å²) in [7, 11) is 1.50. The standard InChI is InChI=1S/C21H24N2O4/c1-13-5-6-14(2)17(11-13)19(25)8-10-21(26)23-16-7-9-20(27-4)18(12-16)22-15(3)24/h5-7,9,11-12H,8,10H2,1-4H3,(H,22,24)(H,23,26). The lowest BCUT2D eigenvalue weighted by atomic mass is 9.99. The molecule has 2 aromatic rings. The molecule has 0 aromatic heterocycles. The average molecular weight is 368 g/mol. The number of aryl methyl sites for hydroxylation is 2. The molecule has 2 N–H and O–H groups in total. The molecule has 0 aliphatic carbocycles. The maximum absolute atomic E-state index is 12.4. The molecule has 0 radical (unpaired) electrons. The molecule has 2 aromatic carbocycles. The first-order valence-electron chi connectivity index (χ1n) is 8.66. The minimum absolute atomic E-state index is 0.0555. The van der Waals surface area contributed by atoms with Crippen LogP contribution in [0.2, 0.25) is 0 Å². The van der Waals surface area contributed by atoms with Crippen molar-refractivity contribution in [2.24, 2.45) is 0 Å². The zero-order chi connectivity index (χ0) is 20.0. The largest absolute Gasteiger partial charge is 0.495 e. The van der Waals surface area contributed by atoms with E-state index in [9.17, 15) is 14.4 Å². The molecule has 0 atom stereocenters. The number of hydrogen-bond acceptors (Lipinski definition) is 4. The number of anilines is 2. The number of benzene rings is 2. The van der Waals surface area contributed by atoms with E-state index in [1.807, 2.05) is 32.0 Å². The third-order valence-corrected chi connectivity index (χ3v) is 4.07. The van der Waals surface area contributed by atoms with Crippen molar-refractivity contribution in [2.75, 3.05) is 17.7 Å². The predicted octanol–water partition coefficient (Wildman–Crippen LogP) is 3.87. The van der Waals surface area contributed by atoms with E-state index >= 15 is 0 Å². The minimum atomic E-state index is -0.271. The van der Waals surface area contributed by atoms with Crippen molar-refractivity contribution in [1.82, 2.24) is 0 Å². The van der Waals surface area contributed by atoms with Gasteiger partial charge in [0.2, 0.25) is 11.8 Å². The van der Waals surface area contributed by atoms with Crippen molar-refractivity contribution in [3.63, 3.8) is 0 Å². The summed E-state index contributed by atoms with van der Waals surface area (Å²) in [5.41, 5.74) is 3.55. The third kappa shape index (κ3) is 5.67. The molecule has 142 valence electrons. The number of methoxy groups -OCH3 is 1. The Labute approximate surface area is 158 Å². The zero-order valence-electron chi connectivity index (χ0n) is 16.0. The van der Waals surface area contributed by atoms with Crippen LogP contribution in [-0.2, 0) is 9.59 Å². The molecule has 0 saturated heterocycles. The monoisotopic (exact) mass is 368 g/mol. The first-order valence-corrected chi connectivity index (χ1v) is 8.66. The summed E-state index contributed by atoms with van der Waals surface area (Å²) in [5.74, 6) is -0.0724. The van der Waals surface area contributed by atoms with Crippen LogP contribution < -0.4 is 15.4 Å². The van der Waals surface area contributed by atoms with E-state index in [0.717, 1.165) is 11.1 Å². The number of carbonyl (C=O) groups is 3. The molecule has 2 amide bonds. The maximum Gasteiger partial charge on any atom is 0.224 e. The topological polar surface area (TPSA) is 84.5 Å². The summed E-state index contributed by atoms with van der Waals surface area (Å²) in [4.78, 5) is 35.9. The van der Waals surface area contributed by atoms with E-state index in [2.05, 4.69) is 10.6 Å². The van der Waals surface area contributed by atoms with Gasteiger partial charge in [0.05, 0.1) is 12.8 Å². The Hall–Kier alpha value is -3.15. The fraction of sp³-hybridized carbons (Fsp3) is 0.286. The zero-order valence-corrected chi connectivity index (χ0v) is 16.0. The van der Waals surface area contributed by atoms with Gasteiger partial charge in [0.15, 0.2) is 5.78 Å². The van der Waals surface area contributed by atoms with Gasteiger partial charge in [-0.2, -0.15) is 0 Å². The Morgan fingerprint density at radius 1 is 0.963 bits per heavy atom. The molecule has 0 fully saturated rings. The van der Waals surface area contributed by atoms with Crippen LogP contribution in [0.1, 0.15) is 41.3 Å². The van der Waals surface area contributed by atoms with Gasteiger partial charge in [0, 0.05) is 31.0 Å². The summed E-state index contributed by atoms with van der Waals surface area (Å²) < 4.78 is 5.18. The highest BCUT2D eigenvalue weighted by Crippen LogP contribution is 2.28. The van der Waals surface area contributed by atoms with Crippen LogP contribution >= 0.6 is 0 Å². The Bertz CT molecular complexity index is 874. The lowest BCUT2D eigenvalue weighted by Gasteiger charge is -2.12. The summed E-state index contributed by atoms with van der Waals surface area (Å²) in [6.45, 7) is 5.20. The summed E-state index contributed by atoms with van der Waals surface area (Å²) in [6.07, 6.45) is 0.207. The highest BCUT2D eigenvalue weighted by Gasteiger charge is 2.13. The van der Waals surface area contributed by atoms with Crippen LogP contribution in [0.5, 0.6) is 5.75 Å². The lowest BCUT2D eigenvalue weighted by Crippen LogP contribution is -2.14. The number of Topliss-reactive ketones (excluding diaryl/α,β-unsaturated/α-hetero) is 1. The first-order chi connectivity index (χ1) is 12.8. The van der Waals surface area contributed by atoms with Gasteiger partial charge in [0.1, 0.15) is 5.75 Å². The van der Waals surface area contributed by atoms with Crippen molar-refractivity contribution < 1.29 is 19.1 Å². The molecule has 0 saturated carbocycles. The van der Waals surface area contributed by atoms with E-state index < -0.39 is 0 Å². The molecule has 0 bridgehead atoms. The second-order valence-electron chi connectivity index (χ2n) is 6.39. The van der Waals surface area contributed by atoms with Crippen molar-refractivity contribution in [3.8, 4) is 5.75 Å². The Kier molecular flexibility index (Phi) is 6.71. The maximum atomic E-state index is 12.4. The van der Waals surface area contributed by atoms with Crippen LogP contribution in [-0.4, -0.2) is 24.7 Å². The molecule has 0 heterocycles. The molecule has 0 aliphatic rings. The minimum Gasteiger partial charge on any atom is -0.495 e. The number of hydrogen-bond donors (Lipinski definition) is 2. The van der Waals surface area contributed by atoms with Crippen molar-refractivity contribution in [2.45, 2.75) is 33.6 Å². The van der Waals surface area contributed by atoms with Crippen LogP contribution in [0.4, 0.5) is 11.4 Å². The van der Waals surface area contributed by atoms with E-state index in [-0.39, 0.29) is 30.4 Å². The first kappa shape index (κ1) is 20.2. The normalized spacial score (nSPS) is 10.2. The highest BCUT2D eigenvalue weighted by atomic mass is 16.5. The number of carbonyl (C=O) groups excluding carboxylic acids is 3. The smallest absolute Gasteiger partial charge is 0.224 e. The fourth-order valence-electron chi connectivity index (χ4n) is 2.69. The summed E-state index contributed by atoms with van der Waals surface area (Å²) in [6, 6.07) is 10.7. The van der Waals surface area contributed by atoms with Crippen LogP contribution in [0.3, 0.4) is 0 Å². The van der Waals surface area contributed by atoms with E-state index in [1.54, 1.807) is 18.2 Å². The van der Waals surface area contributed by atoms with Crippen molar-refractivity contribution in [1.29, 1.82) is 0 Å². The molecular weight excluding hydrogens is 344 g/mol. The van der Waals surface area contributed by atoms with Crippen LogP contribution in [0.15, 0.2) is 36.4 Å². The molecule has 6 nitrogen and oxygen atoms in total. The van der Waals surface area contributed by atoms with Gasteiger partial charge in [-0.05, 0) is 43.7 Å². The molecule has 2 rings (SSSR count). The highest BCUT2D eigenvalue weighted by molar-refractivity contribution is 6.01. The summed E-state index contributed by atoms with van der Waals surface area (Å²) >= 11 is 0. The van der Waals surface area contributed by atoms with Gasteiger partial charge < -0.3 is 15.4 Å². The van der Waals surface area contributed by atoms with Crippen molar-refractivity contribution in [3.05, 3.63) is 53.1 Å². The number of ether oxygens (including phenoxy) is 1. The SMILES string of the molecule is COc1ccc(NC(=O)CCC(=O)c2cc(C)ccc2C)cc1NC(C)=O. The molecule has 0 unspecified atom stereocenters. The van der Waals surface area contributed by atoms with Gasteiger partial charge >= 0.3 is 0 Å². The Morgan fingerprint density at radius 3 is 2.37 bits per heavy atom. The van der Waals surface area contributed by atoms with Gasteiger partial charge in [0.25, 0.3) is 0 Å². The van der Waals surface area contributed by atoms with Crippen LogP contribution in [0.25, 0.3) is 0 Å². The van der Waals surface area contributed by atoms with Gasteiger partial charge in [-0.25, -0.2) is 0 Å². The predicted molar refractivity (Wildman–Crippen MR) is 105 cm³/mol. The van der Waals surface area contributed by atoms with E-state index in [1.165, 1.54) is 14.0 Å². The average Bonchev–Trinajstić information content (AvgIpc) is 2.61. The quantitative estimate of drug-likeness (QED) is 0.727. The van der Waals surface area contributed by atoms with Gasteiger partial charge in [-0.3, -0.25) is 14.4 Å². The molecular formula is C21H24N2O4. The molecule has 27 heavy (non-hydrogen) atoms. The molecule has 6 heteroatoms. The second kappa shape index (κ2) is 8.98. The number of amides is 2. The summed E-state index contributed by atoms with van der Waals surface area (Å²) in [5, 5.41) is 5.39. The van der Waals surface area contributed by atoms with E-state index in [4.69, 9.17) is 4.74 Å². The molecule has 0 aliphatic heterocycles. The van der Waals surface area contributed by atoms with Gasteiger partial charge in [-0.15, -0.1) is 0 Å². The Morgan fingerprint density at radius 2 is 1.70 bits per heavy atom. The molecule has 0 spiro atoms. The van der Waals surface area contributed by atoms with Crippen molar-refractivity contribution >= 4 is 29.0 Å². The number of nitrogens with one attached hydrogen (secondary N) is 2. The van der Waals surface area contributed by atoms with Gasteiger partial charge in [-0.1, -0.05) is 17.7 Å².